The summed E-state index contributed by atoms with van der Waals surface area (Å²) in [5.41, 5.74) is -0.262. The van der Waals surface area contributed by atoms with Crippen LogP contribution in [-0.2, 0) is 15.9 Å². The molecule has 1 saturated heterocycles. The zero-order valence-electron chi connectivity index (χ0n) is 11.4. The number of nitrogens with one attached hydrogen (secondary N) is 1. The highest BCUT2D eigenvalue weighted by Crippen LogP contribution is 2.23. The van der Waals surface area contributed by atoms with Crippen molar-refractivity contribution in [3.63, 3.8) is 0 Å². The monoisotopic (exact) mass is 285 g/mol. The van der Waals surface area contributed by atoms with Gasteiger partial charge < -0.3 is 14.8 Å². The van der Waals surface area contributed by atoms with Crippen molar-refractivity contribution in [3.05, 3.63) is 17.0 Å². The number of halogens is 1. The molecule has 1 aliphatic heterocycles. The van der Waals surface area contributed by atoms with Crippen molar-refractivity contribution in [1.29, 1.82) is 0 Å². The Balaban J connectivity index is 2.02. The molecule has 0 amide bonds. The van der Waals surface area contributed by atoms with E-state index in [9.17, 15) is 0 Å². The van der Waals surface area contributed by atoms with Crippen LogP contribution in [0.2, 0.25) is 5.15 Å². The number of aryl methyl sites for hydroxylation is 1. The van der Waals surface area contributed by atoms with E-state index in [4.69, 9.17) is 21.1 Å². The maximum Gasteiger partial charge on any atom is 0.134 e. The van der Waals surface area contributed by atoms with Gasteiger partial charge in [-0.05, 0) is 6.42 Å². The molecule has 106 valence electrons. The van der Waals surface area contributed by atoms with Crippen molar-refractivity contribution in [3.8, 4) is 0 Å². The quantitative estimate of drug-likeness (QED) is 0.813. The number of methoxy groups -OCH3 is 1. The molecule has 2 rings (SSSR count). The summed E-state index contributed by atoms with van der Waals surface area (Å²) in [4.78, 5) is 8.65. The van der Waals surface area contributed by atoms with E-state index in [-0.39, 0.29) is 5.60 Å². The van der Waals surface area contributed by atoms with E-state index >= 15 is 0 Å². The van der Waals surface area contributed by atoms with Gasteiger partial charge in [0.25, 0.3) is 0 Å². The summed E-state index contributed by atoms with van der Waals surface area (Å²) >= 11 is 6.00. The summed E-state index contributed by atoms with van der Waals surface area (Å²) in [6.45, 7) is 4.09. The van der Waals surface area contributed by atoms with Gasteiger partial charge in [0.2, 0.25) is 0 Å². The summed E-state index contributed by atoms with van der Waals surface area (Å²) in [6.07, 6.45) is 2.71. The fraction of sp³-hybridized carbons (Fsp3) is 0.692. The van der Waals surface area contributed by atoms with Crippen molar-refractivity contribution in [1.82, 2.24) is 9.97 Å². The van der Waals surface area contributed by atoms with E-state index in [0.29, 0.717) is 18.3 Å². The third-order valence-corrected chi connectivity index (χ3v) is 3.50. The van der Waals surface area contributed by atoms with Crippen LogP contribution in [0.5, 0.6) is 0 Å². The fourth-order valence-electron chi connectivity index (χ4n) is 2.10. The second-order valence-electron chi connectivity index (χ2n) is 4.79. The Kier molecular flexibility index (Phi) is 4.96. The Bertz CT molecular complexity index is 422. The van der Waals surface area contributed by atoms with Crippen LogP contribution < -0.4 is 5.32 Å². The number of hydrogen-bond acceptors (Lipinski definition) is 5. The van der Waals surface area contributed by atoms with Gasteiger partial charge in [-0.2, -0.15) is 0 Å². The van der Waals surface area contributed by atoms with E-state index in [1.54, 1.807) is 13.2 Å². The molecule has 1 aromatic rings. The van der Waals surface area contributed by atoms with E-state index in [2.05, 4.69) is 22.2 Å². The van der Waals surface area contributed by atoms with E-state index in [1.165, 1.54) is 0 Å². The van der Waals surface area contributed by atoms with Crippen LogP contribution in [0.3, 0.4) is 0 Å². The first kappa shape index (κ1) is 14.5. The number of anilines is 1. The van der Waals surface area contributed by atoms with Gasteiger partial charge in [0.05, 0.1) is 6.61 Å². The van der Waals surface area contributed by atoms with Crippen LogP contribution in [0.4, 0.5) is 5.82 Å². The molecule has 2 heterocycles. The Hall–Kier alpha value is -0.910. The minimum absolute atomic E-state index is 0.262. The summed E-state index contributed by atoms with van der Waals surface area (Å²) < 4.78 is 11.0. The van der Waals surface area contributed by atoms with E-state index in [1.807, 2.05) is 0 Å². The molecule has 6 heteroatoms. The number of hydrogen-bond donors (Lipinski definition) is 1. The third kappa shape index (κ3) is 3.78. The maximum atomic E-state index is 6.00. The second-order valence-corrected chi connectivity index (χ2v) is 5.17. The second kappa shape index (κ2) is 6.50. The summed E-state index contributed by atoms with van der Waals surface area (Å²) in [6, 6.07) is 1.74. The normalized spacial score (nSPS) is 22.7. The summed E-state index contributed by atoms with van der Waals surface area (Å²) in [5.74, 6) is 1.51. The lowest BCUT2D eigenvalue weighted by atomic mass is 10.0. The first-order valence-electron chi connectivity index (χ1n) is 6.58. The standard InChI is InChI=1S/C13H20ClN3O2/c1-3-4-11-16-10(14)7-12(17-11)15-8-13(18-2)5-6-19-9-13/h7H,3-6,8-9H2,1-2H3,(H,15,16,17). The topological polar surface area (TPSA) is 56.3 Å². The van der Waals surface area contributed by atoms with Crippen molar-refractivity contribution in [2.24, 2.45) is 0 Å². The number of aromatic nitrogens is 2. The Morgan fingerprint density at radius 2 is 2.37 bits per heavy atom. The molecular formula is C13H20ClN3O2. The number of nitrogens with zero attached hydrogens (tertiary/aromatic N) is 2. The van der Waals surface area contributed by atoms with Crippen molar-refractivity contribution < 1.29 is 9.47 Å². The van der Waals surface area contributed by atoms with Gasteiger partial charge in [0, 0.05) is 39.2 Å². The SMILES string of the molecule is CCCc1nc(Cl)cc(NCC2(OC)CCOC2)n1. The molecule has 0 aliphatic carbocycles. The molecule has 1 aromatic heterocycles. The smallest absolute Gasteiger partial charge is 0.134 e. The average Bonchev–Trinajstić information content (AvgIpc) is 2.86. The molecule has 0 bridgehead atoms. The van der Waals surface area contributed by atoms with Gasteiger partial charge in [-0.3, -0.25) is 0 Å². The predicted octanol–water partition coefficient (Wildman–Crippen LogP) is 2.30. The van der Waals surface area contributed by atoms with Gasteiger partial charge in [-0.25, -0.2) is 9.97 Å². The molecule has 0 spiro atoms. The van der Waals surface area contributed by atoms with Crippen LogP contribution in [0.25, 0.3) is 0 Å². The minimum atomic E-state index is -0.262. The van der Waals surface area contributed by atoms with Crippen LogP contribution in [0, 0.1) is 0 Å². The largest absolute Gasteiger partial charge is 0.378 e. The number of rotatable bonds is 6. The van der Waals surface area contributed by atoms with Crippen molar-refractivity contribution in [2.75, 3.05) is 32.2 Å². The van der Waals surface area contributed by atoms with E-state index in [0.717, 1.165) is 37.5 Å². The Labute approximate surface area is 118 Å². The lowest BCUT2D eigenvalue weighted by Crippen LogP contribution is -2.39. The van der Waals surface area contributed by atoms with E-state index < -0.39 is 0 Å². The Morgan fingerprint density at radius 1 is 1.53 bits per heavy atom. The lowest BCUT2D eigenvalue weighted by Gasteiger charge is -2.26. The minimum Gasteiger partial charge on any atom is -0.378 e. The highest BCUT2D eigenvalue weighted by atomic mass is 35.5. The van der Waals surface area contributed by atoms with Crippen LogP contribution in [0.15, 0.2) is 6.07 Å². The molecule has 1 atom stereocenters. The molecule has 1 N–H and O–H groups in total. The molecule has 5 nitrogen and oxygen atoms in total. The lowest BCUT2D eigenvalue weighted by molar-refractivity contribution is -0.00625. The van der Waals surface area contributed by atoms with Crippen molar-refractivity contribution >= 4 is 17.4 Å². The van der Waals surface area contributed by atoms with Gasteiger partial charge >= 0.3 is 0 Å². The molecule has 1 aliphatic rings. The molecule has 1 unspecified atom stereocenters. The summed E-state index contributed by atoms with van der Waals surface area (Å²) in [7, 11) is 1.71. The predicted molar refractivity (Wildman–Crippen MR) is 74.7 cm³/mol. The first-order valence-corrected chi connectivity index (χ1v) is 6.95. The Morgan fingerprint density at radius 3 is 3.00 bits per heavy atom. The van der Waals surface area contributed by atoms with Crippen LogP contribution >= 0.6 is 11.6 Å². The van der Waals surface area contributed by atoms with Gasteiger partial charge in [-0.15, -0.1) is 0 Å². The zero-order valence-corrected chi connectivity index (χ0v) is 12.2. The van der Waals surface area contributed by atoms with Gasteiger partial charge in [0.1, 0.15) is 22.4 Å². The average molecular weight is 286 g/mol. The first-order chi connectivity index (χ1) is 9.17. The maximum absolute atomic E-state index is 6.00. The van der Waals surface area contributed by atoms with Crippen LogP contribution in [-0.4, -0.2) is 42.4 Å². The van der Waals surface area contributed by atoms with Gasteiger partial charge in [-0.1, -0.05) is 18.5 Å². The molecule has 0 aromatic carbocycles. The van der Waals surface area contributed by atoms with Crippen LogP contribution in [0.1, 0.15) is 25.6 Å². The molecule has 19 heavy (non-hydrogen) atoms. The van der Waals surface area contributed by atoms with Crippen molar-refractivity contribution in [2.45, 2.75) is 31.8 Å². The fourth-order valence-corrected chi connectivity index (χ4v) is 2.30. The molecular weight excluding hydrogens is 266 g/mol. The molecule has 0 saturated carbocycles. The molecule has 1 fully saturated rings. The van der Waals surface area contributed by atoms with Gasteiger partial charge in [0.15, 0.2) is 0 Å². The highest BCUT2D eigenvalue weighted by Gasteiger charge is 2.34. The third-order valence-electron chi connectivity index (χ3n) is 3.31. The zero-order chi connectivity index (χ0) is 13.7. The summed E-state index contributed by atoms with van der Waals surface area (Å²) in [5, 5.41) is 3.75. The highest BCUT2D eigenvalue weighted by molar-refractivity contribution is 6.29. The molecule has 0 radical (unpaired) electrons. The number of ether oxygens (including phenoxy) is 2.